The van der Waals surface area contributed by atoms with Gasteiger partial charge >= 0.3 is 5.82 Å². The minimum atomic E-state index is -0.521. The molecule has 0 bridgehead atoms. The van der Waals surface area contributed by atoms with Crippen LogP contribution in [0.1, 0.15) is 5.82 Å². The van der Waals surface area contributed by atoms with Gasteiger partial charge in [-0.2, -0.15) is 0 Å². The number of nitro groups is 1. The zero-order valence-electron chi connectivity index (χ0n) is 8.96. The van der Waals surface area contributed by atoms with Gasteiger partial charge in [0, 0.05) is 31.4 Å². The van der Waals surface area contributed by atoms with Crippen molar-refractivity contribution in [2.24, 2.45) is 0 Å². The molecule has 0 spiro atoms. The smallest absolute Gasteiger partial charge is 0.363 e. The van der Waals surface area contributed by atoms with Crippen LogP contribution in [0.2, 0.25) is 0 Å². The molecule has 2 rings (SSSR count). The zero-order chi connectivity index (χ0) is 12.1. The van der Waals surface area contributed by atoms with Crippen LogP contribution in [-0.4, -0.2) is 26.4 Å². The van der Waals surface area contributed by atoms with Crippen LogP contribution in [0.4, 0.5) is 11.5 Å². The number of pyridine rings is 1. The van der Waals surface area contributed by atoms with Gasteiger partial charge in [0.2, 0.25) is 0 Å². The fourth-order valence-corrected chi connectivity index (χ4v) is 1.36. The van der Waals surface area contributed by atoms with E-state index in [1.54, 1.807) is 18.5 Å². The van der Waals surface area contributed by atoms with Crippen molar-refractivity contribution < 1.29 is 4.92 Å². The minimum absolute atomic E-state index is 0.151. The summed E-state index contributed by atoms with van der Waals surface area (Å²) >= 11 is 0. The summed E-state index contributed by atoms with van der Waals surface area (Å²) < 4.78 is 0. The van der Waals surface area contributed by atoms with Gasteiger partial charge in [0.1, 0.15) is 5.82 Å². The van der Waals surface area contributed by atoms with E-state index in [9.17, 15) is 10.1 Å². The predicted octanol–water partition coefficient (Wildman–Crippen LogP) is 1.37. The van der Waals surface area contributed by atoms with E-state index in [0.717, 1.165) is 17.9 Å². The second kappa shape index (κ2) is 5.06. The van der Waals surface area contributed by atoms with E-state index in [1.807, 2.05) is 0 Å². The number of nitrogens with zero attached hydrogens (tertiary/aromatic N) is 3. The van der Waals surface area contributed by atoms with E-state index in [0.29, 0.717) is 6.54 Å². The van der Waals surface area contributed by atoms with Gasteiger partial charge in [0.15, 0.2) is 6.20 Å². The van der Waals surface area contributed by atoms with Gasteiger partial charge in [-0.3, -0.25) is 0 Å². The Morgan fingerprint density at radius 1 is 1.41 bits per heavy atom. The van der Waals surface area contributed by atoms with Crippen molar-refractivity contribution in [1.82, 2.24) is 15.0 Å². The lowest BCUT2D eigenvalue weighted by atomic mass is 10.3. The van der Waals surface area contributed by atoms with Crippen LogP contribution in [0, 0.1) is 10.1 Å². The number of anilines is 1. The van der Waals surface area contributed by atoms with E-state index in [4.69, 9.17) is 0 Å². The quantitative estimate of drug-likeness (QED) is 0.600. The topological polar surface area (TPSA) is 96.7 Å². The number of H-pyrrole nitrogens is 1. The number of hydrogen-bond donors (Lipinski definition) is 2. The Kier molecular flexibility index (Phi) is 3.29. The van der Waals surface area contributed by atoms with Gasteiger partial charge in [-0.05, 0) is 16.0 Å². The van der Waals surface area contributed by atoms with Crippen LogP contribution >= 0.6 is 0 Å². The van der Waals surface area contributed by atoms with Crippen molar-refractivity contribution in [3.8, 4) is 0 Å². The van der Waals surface area contributed by atoms with Crippen LogP contribution in [0.25, 0.3) is 0 Å². The number of rotatable bonds is 5. The molecule has 0 aliphatic rings. The van der Waals surface area contributed by atoms with Crippen LogP contribution in [-0.2, 0) is 6.42 Å². The van der Waals surface area contributed by atoms with Gasteiger partial charge in [-0.1, -0.05) is 0 Å². The van der Waals surface area contributed by atoms with Gasteiger partial charge in [-0.25, -0.2) is 4.98 Å². The average molecular weight is 233 g/mol. The second-order valence-electron chi connectivity index (χ2n) is 3.37. The summed E-state index contributed by atoms with van der Waals surface area (Å²) in [5.41, 5.74) is 0.752. The maximum absolute atomic E-state index is 10.4. The second-order valence-corrected chi connectivity index (χ2v) is 3.37. The van der Waals surface area contributed by atoms with Crippen LogP contribution < -0.4 is 5.32 Å². The van der Waals surface area contributed by atoms with Crippen LogP contribution in [0.15, 0.2) is 30.7 Å². The molecule has 0 atom stereocenters. The van der Waals surface area contributed by atoms with Gasteiger partial charge in [0.25, 0.3) is 0 Å². The fraction of sp³-hybridized carbons (Fsp3) is 0.200. The summed E-state index contributed by atoms with van der Waals surface area (Å²) in [7, 11) is 0. The molecule has 2 aromatic heterocycles. The first kappa shape index (κ1) is 11.1. The Bertz CT molecular complexity index is 480. The number of nitrogens with one attached hydrogen (secondary N) is 2. The summed E-state index contributed by atoms with van der Waals surface area (Å²) in [6, 6.07) is 3.00. The van der Waals surface area contributed by atoms with E-state index < -0.39 is 4.92 Å². The highest BCUT2D eigenvalue weighted by Gasteiger charge is 2.05. The standard InChI is InChI=1S/C10H11N5O2/c16-15(17)10-2-1-8(7-14-10)11-4-3-9-12-5-6-13-9/h1-2,5-7,11H,3-4H2,(H,12,13). The molecule has 2 aromatic rings. The van der Waals surface area contributed by atoms with Crippen molar-refractivity contribution in [2.45, 2.75) is 6.42 Å². The molecule has 0 saturated carbocycles. The summed E-state index contributed by atoms with van der Waals surface area (Å²) in [6.07, 6.45) is 5.66. The molecule has 0 fully saturated rings. The molecule has 0 aliphatic heterocycles. The van der Waals surface area contributed by atoms with Crippen molar-refractivity contribution in [2.75, 3.05) is 11.9 Å². The Labute approximate surface area is 97.1 Å². The van der Waals surface area contributed by atoms with Crippen LogP contribution in [0.3, 0.4) is 0 Å². The molecule has 0 saturated heterocycles. The van der Waals surface area contributed by atoms with Gasteiger partial charge < -0.3 is 20.4 Å². The zero-order valence-corrected chi connectivity index (χ0v) is 8.96. The van der Waals surface area contributed by atoms with Gasteiger partial charge in [-0.15, -0.1) is 0 Å². The first-order valence-electron chi connectivity index (χ1n) is 5.08. The maximum atomic E-state index is 10.4. The molecule has 7 heteroatoms. The lowest BCUT2D eigenvalue weighted by molar-refractivity contribution is -0.389. The van der Waals surface area contributed by atoms with Crippen molar-refractivity contribution in [1.29, 1.82) is 0 Å². The highest BCUT2D eigenvalue weighted by atomic mass is 16.6. The van der Waals surface area contributed by atoms with E-state index in [2.05, 4.69) is 20.3 Å². The Morgan fingerprint density at radius 3 is 2.88 bits per heavy atom. The molecule has 0 aliphatic carbocycles. The molecular formula is C10H11N5O2. The van der Waals surface area contributed by atoms with Crippen LogP contribution in [0.5, 0.6) is 0 Å². The highest BCUT2D eigenvalue weighted by molar-refractivity contribution is 5.43. The van der Waals surface area contributed by atoms with E-state index in [1.165, 1.54) is 12.3 Å². The average Bonchev–Trinajstić information content (AvgIpc) is 2.83. The molecule has 2 N–H and O–H groups in total. The third-order valence-electron chi connectivity index (χ3n) is 2.18. The molecule has 7 nitrogen and oxygen atoms in total. The summed E-state index contributed by atoms with van der Waals surface area (Å²) in [4.78, 5) is 20.7. The fourth-order valence-electron chi connectivity index (χ4n) is 1.36. The molecule has 2 heterocycles. The Morgan fingerprint density at radius 2 is 2.29 bits per heavy atom. The number of aromatic nitrogens is 3. The molecule has 88 valence electrons. The molecule has 0 radical (unpaired) electrons. The third-order valence-corrected chi connectivity index (χ3v) is 2.18. The SMILES string of the molecule is O=[N+]([O-])c1ccc(NCCc2ncc[nH]2)cn1. The molecule has 0 aromatic carbocycles. The summed E-state index contributed by atoms with van der Waals surface area (Å²) in [6.45, 7) is 0.688. The van der Waals surface area contributed by atoms with Crippen molar-refractivity contribution in [3.63, 3.8) is 0 Å². The molecular weight excluding hydrogens is 222 g/mol. The number of aromatic amines is 1. The Hall–Kier alpha value is -2.44. The van der Waals surface area contributed by atoms with E-state index >= 15 is 0 Å². The predicted molar refractivity (Wildman–Crippen MR) is 61.7 cm³/mol. The summed E-state index contributed by atoms with van der Waals surface area (Å²) in [5.74, 6) is 0.744. The largest absolute Gasteiger partial charge is 0.382 e. The first-order valence-corrected chi connectivity index (χ1v) is 5.08. The van der Waals surface area contributed by atoms with Crippen molar-refractivity contribution in [3.05, 3.63) is 46.7 Å². The normalized spacial score (nSPS) is 10.1. The van der Waals surface area contributed by atoms with Gasteiger partial charge in [0.05, 0.1) is 5.69 Å². The van der Waals surface area contributed by atoms with E-state index in [-0.39, 0.29) is 5.82 Å². The minimum Gasteiger partial charge on any atom is -0.382 e. The molecule has 17 heavy (non-hydrogen) atoms. The highest BCUT2D eigenvalue weighted by Crippen LogP contribution is 2.11. The first-order chi connectivity index (χ1) is 8.25. The Balaban J connectivity index is 1.85. The lowest BCUT2D eigenvalue weighted by Gasteiger charge is -2.02. The summed E-state index contributed by atoms with van der Waals surface area (Å²) in [5, 5.41) is 13.5. The third kappa shape index (κ3) is 3.00. The molecule has 0 unspecified atom stereocenters. The van der Waals surface area contributed by atoms with Crippen molar-refractivity contribution >= 4 is 11.5 Å². The lowest BCUT2D eigenvalue weighted by Crippen LogP contribution is -2.06. The molecule has 0 amide bonds. The maximum Gasteiger partial charge on any atom is 0.363 e. The monoisotopic (exact) mass is 233 g/mol. The number of hydrogen-bond acceptors (Lipinski definition) is 5. The number of imidazole rings is 1.